The van der Waals surface area contributed by atoms with Gasteiger partial charge in [-0.05, 0) is 37.8 Å². The van der Waals surface area contributed by atoms with Crippen LogP contribution in [-0.2, 0) is 9.59 Å². The Labute approximate surface area is 162 Å². The van der Waals surface area contributed by atoms with Crippen LogP contribution in [0.5, 0.6) is 5.75 Å². The number of carbonyl (C=O) groups is 3. The summed E-state index contributed by atoms with van der Waals surface area (Å²) in [6.45, 7) is -2.73. The minimum absolute atomic E-state index is 0.0592. The van der Waals surface area contributed by atoms with Crippen LogP contribution in [0.3, 0.4) is 0 Å². The maximum Gasteiger partial charge on any atom is 0.387 e. The fraction of sp³-hybridized carbons (Fsp3) is 0.550. The number of hydrogen-bond donors (Lipinski definition) is 1. The number of halogens is 2. The summed E-state index contributed by atoms with van der Waals surface area (Å²) >= 11 is 0. The minimum atomic E-state index is -3.05. The molecule has 0 aromatic heterocycles. The standard InChI is InChI=1S/C20H24F2N2O4/c21-20(22)28-17-10-4-2-7-14(17)19(27)23-12-18(26)24-11-5-8-15(24)13-6-1-3-9-16(13)25/h2,4,7,10,13,15,20H,1,3,5-6,8-9,11-12H2,(H,23,27). The molecule has 0 bridgehead atoms. The van der Waals surface area contributed by atoms with E-state index < -0.39 is 12.5 Å². The van der Waals surface area contributed by atoms with E-state index in [1.807, 2.05) is 0 Å². The zero-order valence-corrected chi connectivity index (χ0v) is 15.5. The number of amides is 2. The van der Waals surface area contributed by atoms with E-state index in [1.165, 1.54) is 24.3 Å². The van der Waals surface area contributed by atoms with Crippen LogP contribution in [0, 0.1) is 5.92 Å². The molecular formula is C20H24F2N2O4. The molecule has 2 fully saturated rings. The van der Waals surface area contributed by atoms with Crippen molar-refractivity contribution in [3.63, 3.8) is 0 Å². The number of alkyl halides is 2. The van der Waals surface area contributed by atoms with E-state index in [9.17, 15) is 23.2 Å². The first kappa shape index (κ1) is 20.2. The molecule has 1 saturated carbocycles. The van der Waals surface area contributed by atoms with Crippen LogP contribution < -0.4 is 10.1 Å². The van der Waals surface area contributed by atoms with Crippen LogP contribution in [0.2, 0.25) is 0 Å². The summed E-state index contributed by atoms with van der Waals surface area (Å²) in [6, 6.07) is 5.53. The smallest absolute Gasteiger partial charge is 0.387 e. The first-order valence-corrected chi connectivity index (χ1v) is 9.61. The molecule has 1 heterocycles. The lowest BCUT2D eigenvalue weighted by Gasteiger charge is -2.33. The molecular weight excluding hydrogens is 370 g/mol. The van der Waals surface area contributed by atoms with Gasteiger partial charge < -0.3 is 15.0 Å². The van der Waals surface area contributed by atoms with Crippen molar-refractivity contribution in [2.24, 2.45) is 5.92 Å². The van der Waals surface area contributed by atoms with E-state index in [2.05, 4.69) is 10.1 Å². The first-order valence-electron chi connectivity index (χ1n) is 9.61. The number of carbonyl (C=O) groups excluding carboxylic acids is 3. The molecule has 6 nitrogen and oxygen atoms in total. The van der Waals surface area contributed by atoms with Gasteiger partial charge in [-0.25, -0.2) is 0 Å². The van der Waals surface area contributed by atoms with Gasteiger partial charge in [0.2, 0.25) is 5.91 Å². The fourth-order valence-corrected chi connectivity index (χ4v) is 4.14. The second-order valence-corrected chi connectivity index (χ2v) is 7.17. The third-order valence-electron chi connectivity index (χ3n) is 5.43. The molecule has 2 aliphatic rings. The van der Waals surface area contributed by atoms with Gasteiger partial charge in [0.25, 0.3) is 5.91 Å². The van der Waals surface area contributed by atoms with Crippen molar-refractivity contribution >= 4 is 17.6 Å². The number of nitrogens with zero attached hydrogens (tertiary/aromatic N) is 1. The highest BCUT2D eigenvalue weighted by Gasteiger charge is 2.38. The lowest BCUT2D eigenvalue weighted by Crippen LogP contribution is -2.47. The summed E-state index contributed by atoms with van der Waals surface area (Å²) in [5.41, 5.74) is -0.0592. The third-order valence-corrected chi connectivity index (χ3v) is 5.43. The number of Topliss-reactive ketones (excluding diaryl/α,β-unsaturated/α-hetero) is 1. The molecule has 152 valence electrons. The molecule has 1 saturated heterocycles. The quantitative estimate of drug-likeness (QED) is 0.805. The summed E-state index contributed by atoms with van der Waals surface area (Å²) in [7, 11) is 0. The number of nitrogens with one attached hydrogen (secondary N) is 1. The summed E-state index contributed by atoms with van der Waals surface area (Å²) in [5, 5.41) is 2.48. The van der Waals surface area contributed by atoms with Crippen LogP contribution in [0.1, 0.15) is 48.9 Å². The zero-order valence-electron chi connectivity index (χ0n) is 15.5. The second kappa shape index (κ2) is 9.12. The topological polar surface area (TPSA) is 75.7 Å². The minimum Gasteiger partial charge on any atom is -0.434 e. The average Bonchev–Trinajstić information content (AvgIpc) is 3.16. The van der Waals surface area contributed by atoms with Crippen LogP contribution in [-0.4, -0.2) is 48.2 Å². The number of benzene rings is 1. The molecule has 8 heteroatoms. The van der Waals surface area contributed by atoms with Crippen molar-refractivity contribution in [2.75, 3.05) is 13.1 Å². The van der Waals surface area contributed by atoms with Crippen molar-refractivity contribution in [3.05, 3.63) is 29.8 Å². The number of likely N-dealkylation sites (tertiary alicyclic amines) is 1. The molecule has 0 radical (unpaired) electrons. The van der Waals surface area contributed by atoms with Crippen molar-refractivity contribution < 1.29 is 27.9 Å². The summed E-state index contributed by atoms with van der Waals surface area (Å²) in [6.07, 6.45) is 4.90. The highest BCUT2D eigenvalue weighted by atomic mass is 19.3. The molecule has 1 aliphatic carbocycles. The average molecular weight is 394 g/mol. The van der Waals surface area contributed by atoms with Gasteiger partial charge in [-0.3, -0.25) is 14.4 Å². The van der Waals surface area contributed by atoms with Crippen molar-refractivity contribution in [1.29, 1.82) is 0 Å². The molecule has 28 heavy (non-hydrogen) atoms. The van der Waals surface area contributed by atoms with Gasteiger partial charge in [0.15, 0.2) is 0 Å². The van der Waals surface area contributed by atoms with Crippen LogP contribution >= 0.6 is 0 Å². The molecule has 1 N–H and O–H groups in total. The summed E-state index contributed by atoms with van der Waals surface area (Å²) in [5.74, 6) is -1.06. The molecule has 2 atom stereocenters. The largest absolute Gasteiger partial charge is 0.434 e. The van der Waals surface area contributed by atoms with E-state index in [4.69, 9.17) is 0 Å². The lowest BCUT2D eigenvalue weighted by molar-refractivity contribution is -0.135. The monoisotopic (exact) mass is 394 g/mol. The first-order chi connectivity index (χ1) is 13.5. The number of rotatable bonds is 6. The third kappa shape index (κ3) is 4.66. The molecule has 1 aliphatic heterocycles. The molecule has 2 unspecified atom stereocenters. The number of ether oxygens (including phenoxy) is 1. The van der Waals surface area contributed by atoms with Gasteiger partial charge in [0, 0.05) is 24.9 Å². The molecule has 1 aromatic rings. The highest BCUT2D eigenvalue weighted by molar-refractivity contribution is 5.98. The molecule has 3 rings (SSSR count). The maximum atomic E-state index is 12.7. The highest BCUT2D eigenvalue weighted by Crippen LogP contribution is 2.32. The van der Waals surface area contributed by atoms with Crippen LogP contribution in [0.15, 0.2) is 24.3 Å². The molecule has 0 spiro atoms. The number of ketones is 1. The Kier molecular flexibility index (Phi) is 6.59. The van der Waals surface area contributed by atoms with Gasteiger partial charge in [0.1, 0.15) is 11.5 Å². The van der Waals surface area contributed by atoms with Gasteiger partial charge >= 0.3 is 6.61 Å². The van der Waals surface area contributed by atoms with E-state index >= 15 is 0 Å². The van der Waals surface area contributed by atoms with Crippen LogP contribution in [0.4, 0.5) is 8.78 Å². The van der Waals surface area contributed by atoms with Crippen LogP contribution in [0.25, 0.3) is 0 Å². The van der Waals surface area contributed by atoms with Gasteiger partial charge in [-0.1, -0.05) is 18.6 Å². The molecule has 2 amide bonds. The second-order valence-electron chi connectivity index (χ2n) is 7.17. The van der Waals surface area contributed by atoms with E-state index in [0.29, 0.717) is 13.0 Å². The van der Waals surface area contributed by atoms with E-state index in [-0.39, 0.29) is 41.5 Å². The van der Waals surface area contributed by atoms with Gasteiger partial charge in [-0.2, -0.15) is 8.78 Å². The summed E-state index contributed by atoms with van der Waals surface area (Å²) < 4.78 is 29.3. The van der Waals surface area contributed by atoms with Crippen molar-refractivity contribution in [1.82, 2.24) is 10.2 Å². The predicted octanol–water partition coefficient (Wildman–Crippen LogP) is 2.77. The van der Waals surface area contributed by atoms with E-state index in [1.54, 1.807) is 4.90 Å². The summed E-state index contributed by atoms with van der Waals surface area (Å²) in [4.78, 5) is 38.9. The maximum absolute atomic E-state index is 12.7. The Balaban J connectivity index is 1.60. The zero-order chi connectivity index (χ0) is 20.1. The van der Waals surface area contributed by atoms with Crippen molar-refractivity contribution in [2.45, 2.75) is 51.2 Å². The predicted molar refractivity (Wildman–Crippen MR) is 97.1 cm³/mol. The number of para-hydroxylation sites is 1. The normalized spacial score (nSPS) is 22.4. The number of hydrogen-bond acceptors (Lipinski definition) is 4. The van der Waals surface area contributed by atoms with E-state index in [0.717, 1.165) is 32.1 Å². The Morgan fingerprint density at radius 1 is 1.18 bits per heavy atom. The SMILES string of the molecule is O=C(NCC(=O)N1CCCC1C1CCCCC1=O)c1ccccc1OC(F)F. The molecule has 1 aromatic carbocycles. The lowest BCUT2D eigenvalue weighted by atomic mass is 9.82. The van der Waals surface area contributed by atoms with Gasteiger partial charge in [-0.15, -0.1) is 0 Å². The Morgan fingerprint density at radius 2 is 1.96 bits per heavy atom. The van der Waals surface area contributed by atoms with Crippen molar-refractivity contribution in [3.8, 4) is 5.75 Å². The Morgan fingerprint density at radius 3 is 2.71 bits per heavy atom. The Hall–Kier alpha value is -2.51. The fourth-order valence-electron chi connectivity index (χ4n) is 4.14. The Bertz CT molecular complexity index is 741. The van der Waals surface area contributed by atoms with Gasteiger partial charge in [0.05, 0.1) is 12.1 Å².